The maximum Gasteiger partial charge on any atom is 0.129 e. The molecule has 2 rings (SSSR count). The minimum absolute atomic E-state index is 0.708. The Bertz CT molecular complexity index is 486. The Balaban J connectivity index is 2.82. The van der Waals surface area contributed by atoms with Gasteiger partial charge in [0.1, 0.15) is 5.82 Å². The molecule has 0 bridgehead atoms. The maximum absolute atomic E-state index is 6.16. The summed E-state index contributed by atoms with van der Waals surface area (Å²) in [5.74, 6) is 0.919. The number of hydrogen-bond donors (Lipinski definition) is 1. The summed E-state index contributed by atoms with van der Waals surface area (Å²) in [5, 5.41) is 4.97. The molecule has 3 heteroatoms. The highest BCUT2D eigenvalue weighted by Gasteiger charge is 2.08. The average molecular weight is 235 g/mol. The number of fused-ring (bicyclic) bond motifs is 1. The third-order valence-electron chi connectivity index (χ3n) is 2.85. The van der Waals surface area contributed by atoms with Crippen LogP contribution < -0.4 is 5.32 Å². The normalized spacial score (nSPS) is 10.8. The number of rotatable bonds is 2. The van der Waals surface area contributed by atoms with E-state index in [1.54, 1.807) is 0 Å². The summed E-state index contributed by atoms with van der Waals surface area (Å²) in [4.78, 5) is 4.58. The summed E-state index contributed by atoms with van der Waals surface area (Å²) in [5.41, 5.74) is 3.31. The Hall–Kier alpha value is -1.28. The predicted molar refractivity (Wildman–Crippen MR) is 70.4 cm³/mol. The van der Waals surface area contributed by atoms with Crippen LogP contribution in [0.25, 0.3) is 10.9 Å². The van der Waals surface area contributed by atoms with Crippen LogP contribution in [0.1, 0.15) is 18.1 Å². The van der Waals surface area contributed by atoms with Crippen LogP contribution in [0.4, 0.5) is 5.82 Å². The first kappa shape index (κ1) is 11.2. The summed E-state index contributed by atoms with van der Waals surface area (Å²) < 4.78 is 0. The van der Waals surface area contributed by atoms with E-state index in [0.717, 1.165) is 23.1 Å². The minimum Gasteiger partial charge on any atom is -0.373 e. The number of nitrogens with zero attached hydrogens (tertiary/aromatic N) is 1. The molecular formula is C13H15ClN2. The van der Waals surface area contributed by atoms with Crippen molar-refractivity contribution in [1.29, 1.82) is 0 Å². The first-order chi connectivity index (χ1) is 7.67. The zero-order valence-corrected chi connectivity index (χ0v) is 10.5. The lowest BCUT2D eigenvalue weighted by Crippen LogP contribution is -1.99. The Morgan fingerprint density at radius 2 is 2.12 bits per heavy atom. The summed E-state index contributed by atoms with van der Waals surface area (Å²) in [7, 11) is 1.89. The van der Waals surface area contributed by atoms with Crippen molar-refractivity contribution in [3.8, 4) is 0 Å². The zero-order chi connectivity index (χ0) is 11.7. The lowest BCUT2D eigenvalue weighted by atomic mass is 10.1. The van der Waals surface area contributed by atoms with Gasteiger partial charge in [0.2, 0.25) is 0 Å². The Labute approximate surface area is 101 Å². The van der Waals surface area contributed by atoms with Crippen LogP contribution in [-0.2, 0) is 6.42 Å². The van der Waals surface area contributed by atoms with E-state index in [4.69, 9.17) is 11.6 Å². The van der Waals surface area contributed by atoms with Crippen LogP contribution in [0, 0.1) is 6.92 Å². The molecule has 16 heavy (non-hydrogen) atoms. The molecule has 1 aromatic heterocycles. The quantitative estimate of drug-likeness (QED) is 0.855. The average Bonchev–Trinajstić information content (AvgIpc) is 2.32. The fourth-order valence-corrected chi connectivity index (χ4v) is 2.10. The van der Waals surface area contributed by atoms with Gasteiger partial charge in [-0.05, 0) is 36.6 Å². The molecule has 84 valence electrons. The topological polar surface area (TPSA) is 24.9 Å². The SMILES string of the molecule is CCc1cc2c(C)ccc(Cl)c2nc1NC. The third kappa shape index (κ3) is 1.74. The van der Waals surface area contributed by atoms with Crippen molar-refractivity contribution in [1.82, 2.24) is 4.98 Å². The van der Waals surface area contributed by atoms with E-state index in [-0.39, 0.29) is 0 Å². The molecule has 0 radical (unpaired) electrons. The van der Waals surface area contributed by atoms with Crippen molar-refractivity contribution >= 4 is 28.3 Å². The molecular weight excluding hydrogens is 220 g/mol. The van der Waals surface area contributed by atoms with E-state index in [9.17, 15) is 0 Å². The van der Waals surface area contributed by atoms with Gasteiger partial charge in [0.05, 0.1) is 10.5 Å². The molecule has 0 aliphatic heterocycles. The van der Waals surface area contributed by atoms with Gasteiger partial charge in [-0.15, -0.1) is 0 Å². The highest BCUT2D eigenvalue weighted by molar-refractivity contribution is 6.35. The van der Waals surface area contributed by atoms with Gasteiger partial charge >= 0.3 is 0 Å². The van der Waals surface area contributed by atoms with E-state index in [2.05, 4.69) is 30.2 Å². The van der Waals surface area contributed by atoms with Crippen LogP contribution in [0.15, 0.2) is 18.2 Å². The molecule has 0 fully saturated rings. The van der Waals surface area contributed by atoms with E-state index in [1.807, 2.05) is 19.2 Å². The summed E-state index contributed by atoms with van der Waals surface area (Å²) in [6.07, 6.45) is 0.963. The molecule has 0 saturated heterocycles. The van der Waals surface area contributed by atoms with Gasteiger partial charge in [-0.25, -0.2) is 4.98 Å². The number of halogens is 1. The van der Waals surface area contributed by atoms with Crippen LogP contribution >= 0.6 is 11.6 Å². The second-order valence-electron chi connectivity index (χ2n) is 3.86. The van der Waals surface area contributed by atoms with Crippen molar-refractivity contribution in [2.45, 2.75) is 20.3 Å². The highest BCUT2D eigenvalue weighted by atomic mass is 35.5. The van der Waals surface area contributed by atoms with E-state index >= 15 is 0 Å². The molecule has 2 nitrogen and oxygen atoms in total. The molecule has 1 aromatic carbocycles. The zero-order valence-electron chi connectivity index (χ0n) is 9.76. The fraction of sp³-hybridized carbons (Fsp3) is 0.308. The summed E-state index contributed by atoms with van der Waals surface area (Å²) >= 11 is 6.16. The number of pyridine rings is 1. The van der Waals surface area contributed by atoms with Gasteiger partial charge in [0.15, 0.2) is 0 Å². The van der Waals surface area contributed by atoms with Crippen molar-refractivity contribution in [2.24, 2.45) is 0 Å². The van der Waals surface area contributed by atoms with Gasteiger partial charge in [-0.1, -0.05) is 24.6 Å². The lowest BCUT2D eigenvalue weighted by molar-refractivity contribution is 1.11. The van der Waals surface area contributed by atoms with Crippen LogP contribution in [0.2, 0.25) is 5.02 Å². The Morgan fingerprint density at radius 3 is 2.75 bits per heavy atom. The predicted octanol–water partition coefficient (Wildman–Crippen LogP) is 3.80. The number of anilines is 1. The van der Waals surface area contributed by atoms with Crippen LogP contribution in [0.5, 0.6) is 0 Å². The monoisotopic (exact) mass is 234 g/mol. The lowest BCUT2D eigenvalue weighted by Gasteiger charge is -2.10. The van der Waals surface area contributed by atoms with Crippen molar-refractivity contribution in [2.75, 3.05) is 12.4 Å². The van der Waals surface area contributed by atoms with E-state index < -0.39 is 0 Å². The number of aromatic nitrogens is 1. The van der Waals surface area contributed by atoms with Gasteiger partial charge in [0.25, 0.3) is 0 Å². The smallest absolute Gasteiger partial charge is 0.129 e. The van der Waals surface area contributed by atoms with Crippen molar-refractivity contribution in [3.05, 3.63) is 34.3 Å². The van der Waals surface area contributed by atoms with Gasteiger partial charge in [-0.3, -0.25) is 0 Å². The van der Waals surface area contributed by atoms with Gasteiger partial charge < -0.3 is 5.32 Å². The minimum atomic E-state index is 0.708. The van der Waals surface area contributed by atoms with Crippen LogP contribution in [0.3, 0.4) is 0 Å². The first-order valence-corrected chi connectivity index (χ1v) is 5.81. The van der Waals surface area contributed by atoms with Crippen molar-refractivity contribution < 1.29 is 0 Å². The Kier molecular flexibility index (Phi) is 3.01. The molecule has 2 aromatic rings. The van der Waals surface area contributed by atoms with Gasteiger partial charge in [0, 0.05) is 12.4 Å². The number of nitrogens with one attached hydrogen (secondary N) is 1. The Morgan fingerprint density at radius 1 is 1.38 bits per heavy atom. The standard InChI is InChI=1S/C13H15ClN2/c1-4-9-7-10-8(2)5-6-11(14)12(10)16-13(9)15-3/h5-7H,4H2,1-3H3,(H,15,16). The maximum atomic E-state index is 6.16. The molecule has 0 spiro atoms. The molecule has 0 saturated carbocycles. The number of benzene rings is 1. The molecule has 0 aliphatic carbocycles. The fourth-order valence-electron chi connectivity index (χ4n) is 1.89. The second-order valence-corrected chi connectivity index (χ2v) is 4.27. The summed E-state index contributed by atoms with van der Waals surface area (Å²) in [6.45, 7) is 4.21. The van der Waals surface area contributed by atoms with Crippen LogP contribution in [-0.4, -0.2) is 12.0 Å². The second kappa shape index (κ2) is 4.30. The third-order valence-corrected chi connectivity index (χ3v) is 3.15. The molecule has 0 atom stereocenters. The summed E-state index contributed by atoms with van der Waals surface area (Å²) in [6, 6.07) is 6.11. The molecule has 1 N–H and O–H groups in total. The molecule has 0 unspecified atom stereocenters. The highest BCUT2D eigenvalue weighted by Crippen LogP contribution is 2.28. The first-order valence-electron chi connectivity index (χ1n) is 5.43. The number of hydrogen-bond acceptors (Lipinski definition) is 2. The number of aryl methyl sites for hydroxylation is 2. The van der Waals surface area contributed by atoms with E-state index in [0.29, 0.717) is 5.02 Å². The van der Waals surface area contributed by atoms with E-state index in [1.165, 1.54) is 11.1 Å². The molecule has 0 aliphatic rings. The van der Waals surface area contributed by atoms with Crippen molar-refractivity contribution in [3.63, 3.8) is 0 Å². The molecule has 1 heterocycles. The largest absolute Gasteiger partial charge is 0.373 e. The molecule has 0 amide bonds. The van der Waals surface area contributed by atoms with Gasteiger partial charge in [-0.2, -0.15) is 0 Å².